The van der Waals surface area contributed by atoms with Crippen molar-refractivity contribution in [3.63, 3.8) is 0 Å². The van der Waals surface area contributed by atoms with Crippen molar-refractivity contribution in [1.29, 1.82) is 0 Å². The van der Waals surface area contributed by atoms with Gasteiger partial charge in [-0.3, -0.25) is 4.79 Å². The van der Waals surface area contributed by atoms with Crippen molar-refractivity contribution >= 4 is 11.9 Å². The third kappa shape index (κ3) is 7.17. The first-order valence-electron chi connectivity index (χ1n) is 8.88. The summed E-state index contributed by atoms with van der Waals surface area (Å²) in [5, 5.41) is 0. The molecular formula is C21H27NO5. The number of aromatic nitrogens is 1. The predicted octanol–water partition coefficient (Wildman–Crippen LogP) is 3.76. The number of carbonyl (C=O) groups is 2. The number of hydrogen-bond acceptors (Lipinski definition) is 5. The van der Waals surface area contributed by atoms with E-state index in [9.17, 15) is 9.59 Å². The highest BCUT2D eigenvalue weighted by molar-refractivity contribution is 5.89. The van der Waals surface area contributed by atoms with E-state index in [4.69, 9.17) is 14.2 Å². The molecule has 0 amide bonds. The van der Waals surface area contributed by atoms with Gasteiger partial charge in [0.2, 0.25) is 0 Å². The van der Waals surface area contributed by atoms with Gasteiger partial charge in [0.05, 0.1) is 12.1 Å². The minimum Gasteiger partial charge on any atom is -0.490 e. The van der Waals surface area contributed by atoms with Gasteiger partial charge in [0.1, 0.15) is 18.0 Å². The Morgan fingerprint density at radius 3 is 2.37 bits per heavy atom. The summed E-state index contributed by atoms with van der Waals surface area (Å²) in [7, 11) is 0. The Hall–Kier alpha value is -2.76. The standard InChI is InChI=1S/C21H27NO5/c1-15-6-8-18(9-7-15)25-14-19(26-16(2)23)13-22-11-10-17(12-22)20(24)27-21(3,4)5/h6-12,19H,13-14H2,1-5H3. The van der Waals surface area contributed by atoms with Crippen molar-refractivity contribution in [2.75, 3.05) is 6.61 Å². The smallest absolute Gasteiger partial charge is 0.340 e. The summed E-state index contributed by atoms with van der Waals surface area (Å²) in [5.74, 6) is -0.0621. The molecule has 2 aromatic rings. The van der Waals surface area contributed by atoms with Crippen LogP contribution >= 0.6 is 0 Å². The fourth-order valence-electron chi connectivity index (χ4n) is 2.43. The predicted molar refractivity (Wildman–Crippen MR) is 102 cm³/mol. The van der Waals surface area contributed by atoms with E-state index < -0.39 is 11.7 Å². The minimum atomic E-state index is -0.554. The molecule has 1 unspecified atom stereocenters. The number of aryl methyl sites for hydroxylation is 1. The zero-order valence-electron chi connectivity index (χ0n) is 16.5. The second-order valence-corrected chi connectivity index (χ2v) is 7.45. The number of esters is 2. The van der Waals surface area contributed by atoms with Crippen LogP contribution in [0.5, 0.6) is 5.75 Å². The van der Waals surface area contributed by atoms with Gasteiger partial charge in [0, 0.05) is 19.3 Å². The molecule has 0 saturated carbocycles. The van der Waals surface area contributed by atoms with E-state index in [1.165, 1.54) is 6.92 Å². The van der Waals surface area contributed by atoms with Crippen LogP contribution < -0.4 is 4.74 Å². The maximum absolute atomic E-state index is 12.1. The first-order valence-corrected chi connectivity index (χ1v) is 8.88. The number of rotatable bonds is 7. The molecule has 0 spiro atoms. The summed E-state index contributed by atoms with van der Waals surface area (Å²) < 4.78 is 18.2. The molecule has 0 aliphatic heterocycles. The number of hydrogen-bond donors (Lipinski definition) is 0. The highest BCUT2D eigenvalue weighted by Gasteiger charge is 2.20. The van der Waals surface area contributed by atoms with Crippen LogP contribution in [0.3, 0.4) is 0 Å². The maximum atomic E-state index is 12.1. The van der Waals surface area contributed by atoms with Crippen molar-refractivity contribution in [1.82, 2.24) is 4.57 Å². The Bertz CT molecular complexity index is 771. The molecule has 0 saturated heterocycles. The molecule has 1 aromatic heterocycles. The fraction of sp³-hybridized carbons (Fsp3) is 0.429. The van der Waals surface area contributed by atoms with Gasteiger partial charge in [-0.1, -0.05) is 17.7 Å². The Morgan fingerprint density at radius 1 is 1.11 bits per heavy atom. The molecule has 0 aliphatic carbocycles. The second kappa shape index (κ2) is 8.75. The Balaban J connectivity index is 2.00. The highest BCUT2D eigenvalue weighted by Crippen LogP contribution is 2.15. The summed E-state index contributed by atoms with van der Waals surface area (Å²) in [4.78, 5) is 23.5. The van der Waals surface area contributed by atoms with E-state index in [0.29, 0.717) is 17.9 Å². The Labute approximate surface area is 160 Å². The van der Waals surface area contributed by atoms with Gasteiger partial charge in [-0.2, -0.15) is 0 Å². The normalized spacial score (nSPS) is 12.3. The van der Waals surface area contributed by atoms with Gasteiger partial charge in [-0.25, -0.2) is 4.79 Å². The average molecular weight is 373 g/mol. The molecule has 2 rings (SSSR count). The molecule has 6 nitrogen and oxygen atoms in total. The van der Waals surface area contributed by atoms with Crippen LogP contribution in [0.25, 0.3) is 0 Å². The van der Waals surface area contributed by atoms with E-state index >= 15 is 0 Å². The minimum absolute atomic E-state index is 0.211. The molecule has 0 aliphatic rings. The zero-order chi connectivity index (χ0) is 20.0. The van der Waals surface area contributed by atoms with Crippen molar-refractivity contribution in [2.45, 2.75) is 52.9 Å². The SMILES string of the molecule is CC(=O)OC(COc1ccc(C)cc1)Cn1ccc(C(=O)OC(C)(C)C)c1. The van der Waals surface area contributed by atoms with E-state index in [2.05, 4.69) is 0 Å². The molecule has 1 heterocycles. The Kier molecular flexibility index (Phi) is 6.66. The summed E-state index contributed by atoms with van der Waals surface area (Å²) in [6, 6.07) is 9.33. The highest BCUT2D eigenvalue weighted by atomic mass is 16.6. The summed E-state index contributed by atoms with van der Waals surface area (Å²) in [6.45, 7) is 9.40. The van der Waals surface area contributed by atoms with Gasteiger partial charge in [0.15, 0.2) is 6.10 Å². The first kappa shape index (κ1) is 20.6. The molecule has 0 N–H and O–H groups in total. The molecular weight excluding hydrogens is 346 g/mol. The molecule has 27 heavy (non-hydrogen) atoms. The lowest BCUT2D eigenvalue weighted by atomic mass is 10.2. The monoisotopic (exact) mass is 373 g/mol. The largest absolute Gasteiger partial charge is 0.490 e. The van der Waals surface area contributed by atoms with Crippen LogP contribution in [0, 0.1) is 6.92 Å². The lowest BCUT2D eigenvalue weighted by Crippen LogP contribution is -2.28. The maximum Gasteiger partial charge on any atom is 0.340 e. The third-order valence-corrected chi connectivity index (χ3v) is 3.59. The fourth-order valence-corrected chi connectivity index (χ4v) is 2.43. The lowest BCUT2D eigenvalue weighted by molar-refractivity contribution is -0.148. The number of benzene rings is 1. The van der Waals surface area contributed by atoms with Crippen molar-refractivity contribution < 1.29 is 23.8 Å². The second-order valence-electron chi connectivity index (χ2n) is 7.45. The third-order valence-electron chi connectivity index (χ3n) is 3.59. The van der Waals surface area contributed by atoms with E-state index in [1.54, 1.807) is 23.0 Å². The van der Waals surface area contributed by atoms with Crippen molar-refractivity contribution in [3.8, 4) is 5.75 Å². The van der Waals surface area contributed by atoms with Crippen LogP contribution in [0.1, 0.15) is 43.6 Å². The number of nitrogens with zero attached hydrogens (tertiary/aromatic N) is 1. The molecule has 6 heteroatoms. The van der Waals surface area contributed by atoms with Gasteiger partial charge in [-0.15, -0.1) is 0 Å². The van der Waals surface area contributed by atoms with E-state index in [1.807, 2.05) is 52.0 Å². The summed E-state index contributed by atoms with van der Waals surface area (Å²) in [6.07, 6.45) is 2.95. The van der Waals surface area contributed by atoms with Crippen LogP contribution in [-0.2, 0) is 20.8 Å². The topological polar surface area (TPSA) is 66.8 Å². The first-order chi connectivity index (χ1) is 12.6. The van der Waals surface area contributed by atoms with Crippen LogP contribution in [-0.4, -0.2) is 34.8 Å². The molecule has 0 fully saturated rings. The van der Waals surface area contributed by atoms with Crippen LogP contribution in [0.2, 0.25) is 0 Å². The van der Waals surface area contributed by atoms with Gasteiger partial charge in [0.25, 0.3) is 0 Å². The average Bonchev–Trinajstić information content (AvgIpc) is 3.01. The lowest BCUT2D eigenvalue weighted by Gasteiger charge is -2.19. The van der Waals surface area contributed by atoms with Gasteiger partial charge < -0.3 is 18.8 Å². The molecule has 1 atom stereocenters. The summed E-state index contributed by atoms with van der Waals surface area (Å²) >= 11 is 0. The van der Waals surface area contributed by atoms with Gasteiger partial charge >= 0.3 is 11.9 Å². The number of carbonyl (C=O) groups excluding carboxylic acids is 2. The molecule has 0 bridgehead atoms. The van der Waals surface area contributed by atoms with Gasteiger partial charge in [-0.05, 0) is 45.9 Å². The quantitative estimate of drug-likeness (QED) is 0.691. The van der Waals surface area contributed by atoms with Crippen LogP contribution in [0.4, 0.5) is 0 Å². The Morgan fingerprint density at radius 2 is 1.78 bits per heavy atom. The van der Waals surface area contributed by atoms with Crippen LogP contribution in [0.15, 0.2) is 42.7 Å². The van der Waals surface area contributed by atoms with E-state index in [0.717, 1.165) is 5.56 Å². The molecule has 146 valence electrons. The van der Waals surface area contributed by atoms with Crippen molar-refractivity contribution in [3.05, 3.63) is 53.9 Å². The van der Waals surface area contributed by atoms with Crippen molar-refractivity contribution in [2.24, 2.45) is 0 Å². The molecule has 0 radical (unpaired) electrons. The number of ether oxygens (including phenoxy) is 3. The van der Waals surface area contributed by atoms with E-state index in [-0.39, 0.29) is 18.5 Å². The molecule has 1 aromatic carbocycles. The summed E-state index contributed by atoms with van der Waals surface area (Å²) in [5.41, 5.74) is 1.04. The zero-order valence-corrected chi connectivity index (χ0v) is 16.5.